The van der Waals surface area contributed by atoms with Gasteiger partial charge in [-0.15, -0.1) is 0 Å². The van der Waals surface area contributed by atoms with E-state index in [9.17, 15) is 9.18 Å². The molecule has 3 nitrogen and oxygen atoms in total. The fraction of sp³-hybridized carbons (Fsp3) is 0. The molecule has 114 valence electrons. The highest BCUT2D eigenvalue weighted by atomic mass is 19.1. The van der Waals surface area contributed by atoms with Crippen molar-refractivity contribution in [2.24, 2.45) is 0 Å². The normalized spacial score (nSPS) is 11.7. The van der Waals surface area contributed by atoms with Crippen molar-refractivity contribution in [3.05, 3.63) is 82.9 Å². The maximum absolute atomic E-state index is 13.8. The van der Waals surface area contributed by atoms with Gasteiger partial charge in [0.05, 0.1) is 16.4 Å². The fourth-order valence-electron chi connectivity index (χ4n) is 3.37. The van der Waals surface area contributed by atoms with Crippen molar-refractivity contribution in [3.63, 3.8) is 0 Å². The lowest BCUT2D eigenvalue weighted by Gasteiger charge is -2.11. The molecule has 0 fully saturated rings. The Kier molecular flexibility index (Phi) is 2.54. The SMILES string of the molecule is O=c1c2ccccc2nc2c3ccc(F)cc3c3ccccc3n12. The summed E-state index contributed by atoms with van der Waals surface area (Å²) in [7, 11) is 0. The van der Waals surface area contributed by atoms with Crippen molar-refractivity contribution in [2.45, 2.75) is 0 Å². The van der Waals surface area contributed by atoms with E-state index < -0.39 is 0 Å². The molecule has 0 saturated heterocycles. The van der Waals surface area contributed by atoms with Crippen molar-refractivity contribution >= 4 is 38.2 Å². The highest BCUT2D eigenvalue weighted by molar-refractivity contribution is 6.12. The van der Waals surface area contributed by atoms with E-state index >= 15 is 0 Å². The Morgan fingerprint density at radius 3 is 2.42 bits per heavy atom. The minimum atomic E-state index is -0.305. The lowest BCUT2D eigenvalue weighted by atomic mass is 10.1. The second kappa shape index (κ2) is 4.61. The van der Waals surface area contributed by atoms with Gasteiger partial charge in [0.25, 0.3) is 5.56 Å². The van der Waals surface area contributed by atoms with Gasteiger partial charge in [0, 0.05) is 10.8 Å². The van der Waals surface area contributed by atoms with Gasteiger partial charge in [0.15, 0.2) is 0 Å². The first-order valence-electron chi connectivity index (χ1n) is 7.65. The Balaban J connectivity index is 2.22. The zero-order valence-electron chi connectivity index (χ0n) is 12.5. The molecule has 0 spiro atoms. The Labute approximate surface area is 135 Å². The van der Waals surface area contributed by atoms with Crippen LogP contribution in [0.3, 0.4) is 0 Å². The number of pyridine rings is 1. The third-order valence-electron chi connectivity index (χ3n) is 4.43. The first-order valence-corrected chi connectivity index (χ1v) is 7.65. The Morgan fingerprint density at radius 1 is 0.792 bits per heavy atom. The van der Waals surface area contributed by atoms with Crippen LogP contribution in [0, 0.1) is 5.82 Å². The average molecular weight is 314 g/mol. The van der Waals surface area contributed by atoms with Gasteiger partial charge in [0.2, 0.25) is 0 Å². The fourth-order valence-corrected chi connectivity index (χ4v) is 3.37. The molecule has 2 aromatic heterocycles. The molecule has 3 aromatic carbocycles. The summed E-state index contributed by atoms with van der Waals surface area (Å²) in [6.07, 6.45) is 0. The smallest absolute Gasteiger partial charge is 0.266 e. The molecule has 0 aliphatic carbocycles. The molecule has 0 aliphatic rings. The number of aromatic nitrogens is 2. The van der Waals surface area contributed by atoms with Crippen molar-refractivity contribution in [1.82, 2.24) is 9.38 Å². The molecule has 4 heteroatoms. The van der Waals surface area contributed by atoms with Crippen LogP contribution in [0.4, 0.5) is 4.39 Å². The van der Waals surface area contributed by atoms with Crippen LogP contribution >= 0.6 is 0 Å². The van der Waals surface area contributed by atoms with Gasteiger partial charge in [0.1, 0.15) is 11.5 Å². The zero-order chi connectivity index (χ0) is 16.3. The topological polar surface area (TPSA) is 34.4 Å². The van der Waals surface area contributed by atoms with Crippen molar-refractivity contribution < 1.29 is 4.39 Å². The average Bonchev–Trinajstić information content (AvgIpc) is 2.62. The van der Waals surface area contributed by atoms with Gasteiger partial charge < -0.3 is 0 Å². The summed E-state index contributed by atoms with van der Waals surface area (Å²) in [4.78, 5) is 17.7. The monoisotopic (exact) mass is 314 g/mol. The highest BCUT2D eigenvalue weighted by Gasteiger charge is 2.13. The van der Waals surface area contributed by atoms with Crippen LogP contribution in [0.2, 0.25) is 0 Å². The predicted octanol–water partition coefficient (Wildman–Crippen LogP) is 4.29. The molecule has 5 rings (SSSR count). The van der Waals surface area contributed by atoms with Crippen LogP contribution in [-0.4, -0.2) is 9.38 Å². The van der Waals surface area contributed by atoms with Crippen LogP contribution < -0.4 is 5.56 Å². The summed E-state index contributed by atoms with van der Waals surface area (Å²) in [5.41, 5.74) is 1.81. The molecular formula is C20H11FN2O. The van der Waals surface area contributed by atoms with Gasteiger partial charge in [-0.2, -0.15) is 0 Å². The molecule has 0 N–H and O–H groups in total. The van der Waals surface area contributed by atoms with Crippen LogP contribution in [0.1, 0.15) is 0 Å². The molecule has 5 aromatic rings. The quantitative estimate of drug-likeness (QED) is 0.315. The minimum absolute atomic E-state index is 0.113. The summed E-state index contributed by atoms with van der Waals surface area (Å²) in [6, 6.07) is 19.4. The molecule has 0 atom stereocenters. The van der Waals surface area contributed by atoms with E-state index in [1.54, 1.807) is 16.5 Å². The standard InChI is InChI=1S/C20H11FN2O/c21-12-9-10-14-16(11-12)13-5-2-4-8-18(13)23-19(14)22-17-7-3-1-6-15(17)20(23)24/h1-11H. The minimum Gasteiger partial charge on any atom is -0.268 e. The van der Waals surface area contributed by atoms with E-state index in [0.29, 0.717) is 16.6 Å². The molecular weight excluding hydrogens is 303 g/mol. The third kappa shape index (κ3) is 1.65. The largest absolute Gasteiger partial charge is 0.268 e. The van der Waals surface area contributed by atoms with E-state index in [-0.39, 0.29) is 11.4 Å². The molecule has 0 radical (unpaired) electrons. The maximum Gasteiger partial charge on any atom is 0.266 e. The number of benzene rings is 3. The van der Waals surface area contributed by atoms with E-state index in [1.165, 1.54) is 12.1 Å². The van der Waals surface area contributed by atoms with E-state index in [0.717, 1.165) is 21.7 Å². The van der Waals surface area contributed by atoms with Crippen LogP contribution in [0.25, 0.3) is 38.2 Å². The van der Waals surface area contributed by atoms with Gasteiger partial charge in [-0.3, -0.25) is 9.20 Å². The Hall–Kier alpha value is -3.27. The molecule has 0 amide bonds. The summed E-state index contributed by atoms with van der Waals surface area (Å²) < 4.78 is 15.4. The Bertz CT molecular complexity index is 1340. The zero-order valence-corrected chi connectivity index (χ0v) is 12.5. The van der Waals surface area contributed by atoms with Crippen molar-refractivity contribution in [3.8, 4) is 0 Å². The number of para-hydroxylation sites is 2. The van der Waals surface area contributed by atoms with Crippen molar-refractivity contribution in [1.29, 1.82) is 0 Å². The molecule has 0 aliphatic heterocycles. The number of hydrogen-bond donors (Lipinski definition) is 0. The number of hydrogen-bond acceptors (Lipinski definition) is 2. The van der Waals surface area contributed by atoms with E-state index in [1.807, 2.05) is 42.5 Å². The molecule has 0 saturated carbocycles. The first kappa shape index (κ1) is 13.2. The summed E-state index contributed by atoms with van der Waals surface area (Å²) in [5.74, 6) is -0.305. The number of halogens is 1. The molecule has 24 heavy (non-hydrogen) atoms. The molecule has 0 bridgehead atoms. The third-order valence-corrected chi connectivity index (χ3v) is 4.43. The number of nitrogens with zero attached hydrogens (tertiary/aromatic N) is 2. The predicted molar refractivity (Wildman–Crippen MR) is 93.9 cm³/mol. The van der Waals surface area contributed by atoms with Crippen LogP contribution in [-0.2, 0) is 0 Å². The van der Waals surface area contributed by atoms with Crippen LogP contribution in [0.15, 0.2) is 71.5 Å². The highest BCUT2D eigenvalue weighted by Crippen LogP contribution is 2.29. The summed E-state index contributed by atoms with van der Waals surface area (Å²) in [5, 5.41) is 2.92. The molecule has 0 unspecified atom stereocenters. The van der Waals surface area contributed by atoms with Crippen molar-refractivity contribution in [2.75, 3.05) is 0 Å². The van der Waals surface area contributed by atoms with Gasteiger partial charge in [-0.1, -0.05) is 30.3 Å². The van der Waals surface area contributed by atoms with Gasteiger partial charge in [-0.05, 0) is 41.8 Å². The Morgan fingerprint density at radius 2 is 1.54 bits per heavy atom. The van der Waals surface area contributed by atoms with E-state index in [2.05, 4.69) is 4.98 Å². The lowest BCUT2D eigenvalue weighted by molar-refractivity contribution is 0.630. The summed E-state index contributed by atoms with van der Waals surface area (Å²) >= 11 is 0. The first-order chi connectivity index (χ1) is 11.7. The maximum atomic E-state index is 13.8. The lowest BCUT2D eigenvalue weighted by Crippen LogP contribution is -2.16. The van der Waals surface area contributed by atoms with Gasteiger partial charge >= 0.3 is 0 Å². The van der Waals surface area contributed by atoms with Gasteiger partial charge in [-0.25, -0.2) is 9.37 Å². The second-order valence-corrected chi connectivity index (χ2v) is 5.80. The molecule has 2 heterocycles. The van der Waals surface area contributed by atoms with E-state index in [4.69, 9.17) is 0 Å². The second-order valence-electron chi connectivity index (χ2n) is 5.80. The summed E-state index contributed by atoms with van der Waals surface area (Å²) in [6.45, 7) is 0. The van der Waals surface area contributed by atoms with Crippen LogP contribution in [0.5, 0.6) is 0 Å². The number of fused-ring (bicyclic) bond motifs is 7. The number of rotatable bonds is 0.